The van der Waals surface area contributed by atoms with Gasteiger partial charge in [-0.05, 0) is 53.9 Å². The first-order chi connectivity index (χ1) is 8.69. The second-order valence-electron chi connectivity index (χ2n) is 4.50. The number of halogens is 1. The molecular weight excluding hydrogens is 310 g/mol. The zero-order chi connectivity index (χ0) is 13.0. The van der Waals surface area contributed by atoms with E-state index >= 15 is 0 Å². The first-order valence-corrected chi connectivity index (χ1v) is 7.80. The third kappa shape index (κ3) is 3.05. The Hall–Kier alpha value is -0.570. The van der Waals surface area contributed by atoms with Gasteiger partial charge < -0.3 is 0 Å². The quantitative estimate of drug-likeness (QED) is 0.922. The summed E-state index contributed by atoms with van der Waals surface area (Å²) in [5.74, 6) is 0. The lowest BCUT2D eigenvalue weighted by molar-refractivity contribution is 0.436. The standard InChI is InChI=1S/C13H16BrN3S/c1-2-17-13(9-15)6-5-10(8-13)18-12-11(14)4-3-7-16-12/h3-4,7,10,17H,2,5-6,8H2,1H3. The zero-order valence-electron chi connectivity index (χ0n) is 10.3. The van der Waals surface area contributed by atoms with Crippen molar-refractivity contribution in [3.8, 4) is 6.07 Å². The van der Waals surface area contributed by atoms with Gasteiger partial charge >= 0.3 is 0 Å². The Morgan fingerprint density at radius 1 is 1.72 bits per heavy atom. The van der Waals surface area contributed by atoms with Crippen molar-refractivity contribution >= 4 is 27.7 Å². The summed E-state index contributed by atoms with van der Waals surface area (Å²) >= 11 is 5.29. The van der Waals surface area contributed by atoms with Gasteiger partial charge in [-0.3, -0.25) is 5.32 Å². The Balaban J connectivity index is 2.02. The van der Waals surface area contributed by atoms with Crippen LogP contribution in [0.1, 0.15) is 26.2 Å². The van der Waals surface area contributed by atoms with Crippen LogP contribution >= 0.6 is 27.7 Å². The van der Waals surface area contributed by atoms with Gasteiger partial charge in [-0.25, -0.2) is 4.98 Å². The minimum absolute atomic E-state index is 0.326. The highest BCUT2D eigenvalue weighted by molar-refractivity contribution is 9.10. The monoisotopic (exact) mass is 325 g/mol. The molecule has 0 aromatic carbocycles. The van der Waals surface area contributed by atoms with Crippen LogP contribution in [0.3, 0.4) is 0 Å². The first kappa shape index (κ1) is 13.9. The lowest BCUT2D eigenvalue weighted by Crippen LogP contribution is -2.41. The molecule has 1 fully saturated rings. The molecule has 1 heterocycles. The number of hydrogen-bond donors (Lipinski definition) is 1. The lowest BCUT2D eigenvalue weighted by atomic mass is 10.0. The Morgan fingerprint density at radius 2 is 2.56 bits per heavy atom. The van der Waals surface area contributed by atoms with Crippen molar-refractivity contribution in [1.82, 2.24) is 10.3 Å². The fourth-order valence-electron chi connectivity index (χ4n) is 2.36. The molecule has 2 atom stereocenters. The fraction of sp³-hybridized carbons (Fsp3) is 0.538. The lowest BCUT2D eigenvalue weighted by Gasteiger charge is -2.21. The van der Waals surface area contributed by atoms with Crippen molar-refractivity contribution in [3.05, 3.63) is 22.8 Å². The average Bonchev–Trinajstić information content (AvgIpc) is 2.77. The second kappa shape index (κ2) is 6.05. The van der Waals surface area contributed by atoms with E-state index in [1.807, 2.05) is 18.3 Å². The molecule has 2 rings (SSSR count). The molecule has 18 heavy (non-hydrogen) atoms. The highest BCUT2D eigenvalue weighted by Crippen LogP contribution is 2.41. The Bertz CT molecular complexity index is 460. The second-order valence-corrected chi connectivity index (χ2v) is 6.64. The van der Waals surface area contributed by atoms with Gasteiger partial charge in [0, 0.05) is 15.9 Å². The maximum Gasteiger partial charge on any atom is 0.110 e. The van der Waals surface area contributed by atoms with Gasteiger partial charge in [0.1, 0.15) is 10.6 Å². The van der Waals surface area contributed by atoms with E-state index in [1.54, 1.807) is 11.8 Å². The summed E-state index contributed by atoms with van der Waals surface area (Å²) in [5, 5.41) is 14.2. The molecule has 0 radical (unpaired) electrons. The van der Waals surface area contributed by atoms with Crippen molar-refractivity contribution in [1.29, 1.82) is 5.26 Å². The molecule has 1 aliphatic carbocycles. The number of nitrogens with one attached hydrogen (secondary N) is 1. The minimum Gasteiger partial charge on any atom is -0.300 e. The van der Waals surface area contributed by atoms with E-state index in [4.69, 9.17) is 0 Å². The molecule has 1 N–H and O–H groups in total. The van der Waals surface area contributed by atoms with Crippen LogP contribution in [0.25, 0.3) is 0 Å². The molecule has 0 amide bonds. The summed E-state index contributed by atoms with van der Waals surface area (Å²) in [7, 11) is 0. The predicted octanol–water partition coefficient (Wildman–Crippen LogP) is 3.36. The average molecular weight is 326 g/mol. The highest BCUT2D eigenvalue weighted by atomic mass is 79.9. The molecule has 0 aliphatic heterocycles. The predicted molar refractivity (Wildman–Crippen MR) is 77.5 cm³/mol. The van der Waals surface area contributed by atoms with Gasteiger partial charge in [-0.15, -0.1) is 11.8 Å². The normalized spacial score (nSPS) is 27.1. The molecule has 1 aromatic rings. The minimum atomic E-state index is -0.326. The number of aromatic nitrogens is 1. The van der Waals surface area contributed by atoms with E-state index < -0.39 is 0 Å². The maximum atomic E-state index is 9.34. The van der Waals surface area contributed by atoms with E-state index in [2.05, 4.69) is 39.2 Å². The summed E-state index contributed by atoms with van der Waals surface area (Å²) in [4.78, 5) is 4.37. The van der Waals surface area contributed by atoms with Crippen LogP contribution < -0.4 is 5.32 Å². The molecule has 0 bridgehead atoms. The molecule has 0 spiro atoms. The fourth-order valence-corrected chi connectivity index (χ4v) is 4.11. The Morgan fingerprint density at radius 3 is 3.22 bits per heavy atom. The number of hydrogen-bond acceptors (Lipinski definition) is 4. The molecule has 2 unspecified atom stereocenters. The van der Waals surface area contributed by atoms with Crippen molar-refractivity contribution in [2.75, 3.05) is 6.54 Å². The van der Waals surface area contributed by atoms with Gasteiger partial charge in [0.25, 0.3) is 0 Å². The number of nitriles is 1. The van der Waals surface area contributed by atoms with Gasteiger partial charge in [-0.1, -0.05) is 6.92 Å². The molecular formula is C13H16BrN3S. The van der Waals surface area contributed by atoms with E-state index in [9.17, 15) is 5.26 Å². The summed E-state index contributed by atoms with van der Waals surface area (Å²) in [6.45, 7) is 2.90. The first-order valence-electron chi connectivity index (χ1n) is 6.12. The number of nitrogens with zero attached hydrogens (tertiary/aromatic N) is 2. The van der Waals surface area contributed by atoms with Crippen molar-refractivity contribution in [2.45, 2.75) is 42.0 Å². The SMILES string of the molecule is CCNC1(C#N)CCC(Sc2ncccc2Br)C1. The summed E-state index contributed by atoms with van der Waals surface area (Å²) in [5.41, 5.74) is -0.326. The van der Waals surface area contributed by atoms with E-state index in [0.717, 1.165) is 35.3 Å². The van der Waals surface area contributed by atoms with Crippen LogP contribution in [0.15, 0.2) is 27.8 Å². The maximum absolute atomic E-state index is 9.34. The molecule has 1 aliphatic rings. The third-order valence-electron chi connectivity index (χ3n) is 3.20. The largest absolute Gasteiger partial charge is 0.300 e. The summed E-state index contributed by atoms with van der Waals surface area (Å²) in [6, 6.07) is 6.38. The molecule has 96 valence electrons. The van der Waals surface area contributed by atoms with E-state index in [-0.39, 0.29) is 5.54 Å². The van der Waals surface area contributed by atoms with Crippen LogP contribution in [0, 0.1) is 11.3 Å². The molecule has 3 nitrogen and oxygen atoms in total. The number of thioether (sulfide) groups is 1. The number of rotatable bonds is 4. The van der Waals surface area contributed by atoms with Crippen LogP contribution in [-0.4, -0.2) is 22.3 Å². The van der Waals surface area contributed by atoms with Gasteiger partial charge in [0.05, 0.1) is 6.07 Å². The summed E-state index contributed by atoms with van der Waals surface area (Å²) < 4.78 is 1.04. The van der Waals surface area contributed by atoms with Crippen molar-refractivity contribution in [3.63, 3.8) is 0 Å². The van der Waals surface area contributed by atoms with Gasteiger partial charge in [-0.2, -0.15) is 5.26 Å². The van der Waals surface area contributed by atoms with Crippen LogP contribution in [0.4, 0.5) is 0 Å². The van der Waals surface area contributed by atoms with E-state index in [0.29, 0.717) is 5.25 Å². The molecule has 1 aromatic heterocycles. The zero-order valence-corrected chi connectivity index (χ0v) is 12.7. The van der Waals surface area contributed by atoms with Crippen LogP contribution in [0.2, 0.25) is 0 Å². The Kier molecular flexibility index (Phi) is 4.66. The highest BCUT2D eigenvalue weighted by Gasteiger charge is 2.39. The third-order valence-corrected chi connectivity index (χ3v) is 5.39. The van der Waals surface area contributed by atoms with Crippen LogP contribution in [0.5, 0.6) is 0 Å². The topological polar surface area (TPSA) is 48.7 Å². The Labute approximate surface area is 120 Å². The molecule has 5 heteroatoms. The van der Waals surface area contributed by atoms with Crippen molar-refractivity contribution < 1.29 is 0 Å². The smallest absolute Gasteiger partial charge is 0.110 e. The molecule has 1 saturated carbocycles. The summed E-state index contributed by atoms with van der Waals surface area (Å²) in [6.07, 6.45) is 4.70. The van der Waals surface area contributed by atoms with Gasteiger partial charge in [0.15, 0.2) is 0 Å². The van der Waals surface area contributed by atoms with E-state index in [1.165, 1.54) is 0 Å². The van der Waals surface area contributed by atoms with Crippen molar-refractivity contribution in [2.24, 2.45) is 0 Å². The number of pyridine rings is 1. The van der Waals surface area contributed by atoms with Gasteiger partial charge in [0.2, 0.25) is 0 Å². The van der Waals surface area contributed by atoms with Crippen LogP contribution in [-0.2, 0) is 0 Å². The molecule has 0 saturated heterocycles.